The highest BCUT2D eigenvalue weighted by Crippen LogP contribution is 2.31. The van der Waals surface area contributed by atoms with Crippen LogP contribution in [-0.4, -0.2) is 21.6 Å². The summed E-state index contributed by atoms with van der Waals surface area (Å²) in [6.07, 6.45) is -3.11. The van der Waals surface area contributed by atoms with Crippen LogP contribution in [0.25, 0.3) is 0 Å². The molecule has 3 aromatic rings. The number of aryl methyl sites for hydroxylation is 1. The van der Waals surface area contributed by atoms with Gasteiger partial charge in [0.25, 0.3) is 11.8 Å². The van der Waals surface area contributed by atoms with Crippen LogP contribution in [0.3, 0.4) is 0 Å². The largest absolute Gasteiger partial charge is 0.416 e. The third kappa shape index (κ3) is 4.45. The van der Waals surface area contributed by atoms with Crippen LogP contribution in [0.2, 0.25) is 0 Å². The number of hydrogen-bond acceptors (Lipinski definition) is 3. The first-order valence-corrected chi connectivity index (χ1v) is 8.54. The Kier molecular flexibility index (Phi) is 5.40. The standard InChI is InChI=1S/C20H17F3N4O2/c1-12-16(11-24-27(12)2)19(29)26-17-9-4-3-8-15(17)18(28)25-14-7-5-6-13(10-14)20(21,22)23/h3-11H,1-2H3,(H,25,28)(H,26,29). The lowest BCUT2D eigenvalue weighted by Crippen LogP contribution is -2.19. The van der Waals surface area contributed by atoms with Gasteiger partial charge in [-0.1, -0.05) is 18.2 Å². The van der Waals surface area contributed by atoms with E-state index in [-0.39, 0.29) is 16.9 Å². The average Bonchev–Trinajstić information content (AvgIpc) is 3.00. The fourth-order valence-corrected chi connectivity index (χ4v) is 2.67. The molecule has 1 aromatic heterocycles. The molecule has 0 bridgehead atoms. The lowest BCUT2D eigenvalue weighted by atomic mass is 10.1. The minimum absolute atomic E-state index is 0.00550. The van der Waals surface area contributed by atoms with Crippen molar-refractivity contribution in [2.24, 2.45) is 7.05 Å². The number of aromatic nitrogens is 2. The number of rotatable bonds is 4. The van der Waals surface area contributed by atoms with E-state index >= 15 is 0 Å². The van der Waals surface area contributed by atoms with Crippen LogP contribution in [0.4, 0.5) is 24.5 Å². The van der Waals surface area contributed by atoms with Crippen LogP contribution in [0.15, 0.2) is 54.7 Å². The molecule has 0 saturated carbocycles. The summed E-state index contributed by atoms with van der Waals surface area (Å²) in [5, 5.41) is 9.09. The minimum Gasteiger partial charge on any atom is -0.322 e. The van der Waals surface area contributed by atoms with Crippen molar-refractivity contribution >= 4 is 23.2 Å². The van der Waals surface area contributed by atoms with Gasteiger partial charge in [-0.2, -0.15) is 18.3 Å². The number of amides is 2. The van der Waals surface area contributed by atoms with E-state index < -0.39 is 23.6 Å². The Morgan fingerprint density at radius 2 is 1.66 bits per heavy atom. The van der Waals surface area contributed by atoms with Crippen molar-refractivity contribution in [1.29, 1.82) is 0 Å². The fraction of sp³-hybridized carbons (Fsp3) is 0.150. The van der Waals surface area contributed by atoms with Crippen molar-refractivity contribution in [3.05, 3.63) is 77.1 Å². The van der Waals surface area contributed by atoms with Crippen molar-refractivity contribution in [3.63, 3.8) is 0 Å². The number of carbonyl (C=O) groups is 2. The first-order chi connectivity index (χ1) is 13.7. The zero-order valence-electron chi connectivity index (χ0n) is 15.5. The first kappa shape index (κ1) is 20.1. The lowest BCUT2D eigenvalue weighted by Gasteiger charge is -2.13. The van der Waals surface area contributed by atoms with Gasteiger partial charge in [-0.05, 0) is 37.3 Å². The molecule has 2 amide bonds. The molecule has 0 spiro atoms. The molecular weight excluding hydrogens is 385 g/mol. The van der Waals surface area contributed by atoms with Crippen LogP contribution >= 0.6 is 0 Å². The SMILES string of the molecule is Cc1c(C(=O)Nc2ccccc2C(=O)Nc2cccc(C(F)(F)F)c2)cnn1C. The van der Waals surface area contributed by atoms with Crippen molar-refractivity contribution in [3.8, 4) is 0 Å². The maximum atomic E-state index is 12.9. The van der Waals surface area contributed by atoms with E-state index in [9.17, 15) is 22.8 Å². The highest BCUT2D eigenvalue weighted by molar-refractivity contribution is 6.12. The predicted octanol–water partition coefficient (Wildman–Crippen LogP) is 4.25. The number of nitrogens with one attached hydrogen (secondary N) is 2. The number of benzene rings is 2. The Morgan fingerprint density at radius 1 is 0.966 bits per heavy atom. The number of hydrogen-bond donors (Lipinski definition) is 2. The van der Waals surface area contributed by atoms with E-state index in [0.717, 1.165) is 12.1 Å². The topological polar surface area (TPSA) is 76.0 Å². The molecule has 29 heavy (non-hydrogen) atoms. The van der Waals surface area contributed by atoms with E-state index in [4.69, 9.17) is 0 Å². The van der Waals surface area contributed by atoms with Gasteiger partial charge in [-0.15, -0.1) is 0 Å². The van der Waals surface area contributed by atoms with Gasteiger partial charge in [0.15, 0.2) is 0 Å². The second kappa shape index (κ2) is 7.78. The predicted molar refractivity (Wildman–Crippen MR) is 102 cm³/mol. The Morgan fingerprint density at radius 3 is 2.31 bits per heavy atom. The van der Waals surface area contributed by atoms with Gasteiger partial charge in [0, 0.05) is 18.4 Å². The van der Waals surface area contributed by atoms with Crippen LogP contribution in [0, 0.1) is 6.92 Å². The summed E-state index contributed by atoms with van der Waals surface area (Å²) >= 11 is 0. The van der Waals surface area contributed by atoms with E-state index in [0.29, 0.717) is 11.3 Å². The molecule has 2 aromatic carbocycles. The van der Waals surface area contributed by atoms with E-state index in [1.807, 2.05) is 0 Å². The monoisotopic (exact) mass is 402 g/mol. The Balaban J connectivity index is 1.82. The highest BCUT2D eigenvalue weighted by Gasteiger charge is 2.30. The number of nitrogens with zero attached hydrogens (tertiary/aromatic N) is 2. The molecule has 9 heteroatoms. The average molecular weight is 402 g/mol. The van der Waals surface area contributed by atoms with E-state index in [2.05, 4.69) is 15.7 Å². The molecule has 0 fully saturated rings. The van der Waals surface area contributed by atoms with Crippen LogP contribution in [0.5, 0.6) is 0 Å². The van der Waals surface area contributed by atoms with E-state index in [1.54, 1.807) is 30.8 Å². The third-order valence-electron chi connectivity index (χ3n) is 4.35. The molecule has 3 rings (SSSR count). The molecule has 6 nitrogen and oxygen atoms in total. The van der Waals surface area contributed by atoms with Crippen molar-refractivity contribution in [2.75, 3.05) is 10.6 Å². The normalized spacial score (nSPS) is 11.2. The molecule has 0 aliphatic rings. The van der Waals surface area contributed by atoms with Crippen LogP contribution in [-0.2, 0) is 13.2 Å². The molecule has 1 heterocycles. The number of para-hydroxylation sites is 1. The lowest BCUT2D eigenvalue weighted by molar-refractivity contribution is -0.137. The van der Waals surface area contributed by atoms with Gasteiger partial charge < -0.3 is 10.6 Å². The van der Waals surface area contributed by atoms with Crippen LogP contribution < -0.4 is 10.6 Å². The number of halogens is 3. The summed E-state index contributed by atoms with van der Waals surface area (Å²) in [5.41, 5.74) is 0.456. The van der Waals surface area contributed by atoms with Crippen molar-refractivity contribution in [1.82, 2.24) is 9.78 Å². The Bertz CT molecular complexity index is 1070. The number of anilines is 2. The number of alkyl halides is 3. The molecule has 0 radical (unpaired) electrons. The maximum Gasteiger partial charge on any atom is 0.416 e. The van der Waals surface area contributed by atoms with Gasteiger partial charge >= 0.3 is 6.18 Å². The summed E-state index contributed by atoms with van der Waals surface area (Å²) < 4.78 is 40.1. The quantitative estimate of drug-likeness (QED) is 0.685. The first-order valence-electron chi connectivity index (χ1n) is 8.54. The summed E-state index contributed by atoms with van der Waals surface area (Å²) in [6, 6.07) is 10.5. The molecule has 0 aliphatic heterocycles. The van der Waals surface area contributed by atoms with Gasteiger partial charge in [0.2, 0.25) is 0 Å². The van der Waals surface area contributed by atoms with Gasteiger partial charge in [0.1, 0.15) is 0 Å². The maximum absolute atomic E-state index is 12.9. The minimum atomic E-state index is -4.52. The smallest absolute Gasteiger partial charge is 0.322 e. The highest BCUT2D eigenvalue weighted by atomic mass is 19.4. The molecule has 2 N–H and O–H groups in total. The molecule has 0 aliphatic carbocycles. The Hall–Kier alpha value is -3.62. The number of carbonyl (C=O) groups excluding carboxylic acids is 2. The van der Waals surface area contributed by atoms with Gasteiger partial charge in [0.05, 0.1) is 28.6 Å². The summed E-state index contributed by atoms with van der Waals surface area (Å²) in [4.78, 5) is 25.1. The molecule has 0 atom stereocenters. The summed E-state index contributed by atoms with van der Waals surface area (Å²) in [7, 11) is 1.70. The second-order valence-electron chi connectivity index (χ2n) is 6.30. The fourth-order valence-electron chi connectivity index (χ4n) is 2.67. The third-order valence-corrected chi connectivity index (χ3v) is 4.35. The van der Waals surface area contributed by atoms with Crippen LogP contribution in [0.1, 0.15) is 32.0 Å². The summed E-state index contributed by atoms with van der Waals surface area (Å²) in [6.45, 7) is 1.73. The Labute approximate surface area is 164 Å². The van der Waals surface area contributed by atoms with Crippen molar-refractivity contribution < 1.29 is 22.8 Å². The molecular formula is C20H17F3N4O2. The zero-order chi connectivity index (χ0) is 21.2. The van der Waals surface area contributed by atoms with Crippen molar-refractivity contribution in [2.45, 2.75) is 13.1 Å². The summed E-state index contributed by atoms with van der Waals surface area (Å²) in [5.74, 6) is -1.10. The van der Waals surface area contributed by atoms with E-state index in [1.165, 1.54) is 30.5 Å². The molecule has 150 valence electrons. The van der Waals surface area contributed by atoms with Gasteiger partial charge in [-0.25, -0.2) is 0 Å². The zero-order valence-corrected chi connectivity index (χ0v) is 15.5. The molecule has 0 unspecified atom stereocenters. The molecule has 0 saturated heterocycles. The van der Waals surface area contributed by atoms with Gasteiger partial charge in [-0.3, -0.25) is 14.3 Å². The second-order valence-corrected chi connectivity index (χ2v) is 6.30.